The molecular weight excluding hydrogens is 416 g/mol. The minimum atomic E-state index is -0.815. The summed E-state index contributed by atoms with van der Waals surface area (Å²) in [6, 6.07) is 16.2. The molecule has 1 aliphatic heterocycles. The predicted octanol–water partition coefficient (Wildman–Crippen LogP) is 4.57. The Balaban J connectivity index is 1.43. The van der Waals surface area contributed by atoms with Crippen molar-refractivity contribution in [3.8, 4) is 5.75 Å². The lowest BCUT2D eigenvalue weighted by Gasteiger charge is -2.27. The molecular formula is C27H30N2O4. The number of fused-ring (bicyclic) bond motifs is 1. The molecule has 0 saturated carbocycles. The second-order valence-electron chi connectivity index (χ2n) is 9.14. The van der Waals surface area contributed by atoms with Gasteiger partial charge in [-0.3, -0.25) is 19.3 Å². The average Bonchev–Trinajstić information content (AvgIpc) is 3.07. The first-order valence-electron chi connectivity index (χ1n) is 11.5. The number of rotatable bonds is 8. The first kappa shape index (κ1) is 22.8. The molecule has 3 unspecified atom stereocenters. The smallest absolute Gasteiger partial charge is 0.247 e. The van der Waals surface area contributed by atoms with E-state index in [2.05, 4.69) is 5.32 Å². The van der Waals surface area contributed by atoms with Crippen molar-refractivity contribution in [3.05, 3.63) is 72.3 Å². The maximum absolute atomic E-state index is 13.2. The minimum absolute atomic E-state index is 0.149. The molecule has 1 heterocycles. The number of hydrogen-bond donors (Lipinski definition) is 1. The number of nitrogens with one attached hydrogen (secondary N) is 1. The fourth-order valence-electron chi connectivity index (χ4n) is 4.51. The normalized spacial score (nSPS) is 20.6. The number of allylic oxidation sites excluding steroid dienone is 2. The zero-order chi connectivity index (χ0) is 23.4. The van der Waals surface area contributed by atoms with Gasteiger partial charge in [0.2, 0.25) is 17.7 Å². The Morgan fingerprint density at radius 2 is 1.58 bits per heavy atom. The Labute approximate surface area is 194 Å². The van der Waals surface area contributed by atoms with Gasteiger partial charge in [-0.25, -0.2) is 0 Å². The average molecular weight is 447 g/mol. The van der Waals surface area contributed by atoms with Crippen LogP contribution < -0.4 is 10.1 Å². The Bertz CT molecular complexity index is 1000. The first-order valence-corrected chi connectivity index (χ1v) is 11.5. The van der Waals surface area contributed by atoms with E-state index in [-0.39, 0.29) is 35.5 Å². The summed E-state index contributed by atoms with van der Waals surface area (Å²) in [5, 5.41) is 2.89. The van der Waals surface area contributed by atoms with E-state index in [9.17, 15) is 14.4 Å². The van der Waals surface area contributed by atoms with Crippen LogP contribution >= 0.6 is 0 Å². The van der Waals surface area contributed by atoms with Crippen LogP contribution in [-0.2, 0) is 21.0 Å². The minimum Gasteiger partial charge on any atom is -0.489 e. The molecule has 172 valence electrons. The van der Waals surface area contributed by atoms with Crippen LogP contribution in [0.3, 0.4) is 0 Å². The molecule has 0 bridgehead atoms. The van der Waals surface area contributed by atoms with E-state index in [1.54, 1.807) is 24.3 Å². The van der Waals surface area contributed by atoms with E-state index in [1.807, 2.05) is 56.3 Å². The first-order chi connectivity index (χ1) is 15.9. The fraction of sp³-hybridized carbons (Fsp3) is 0.370. The van der Waals surface area contributed by atoms with Gasteiger partial charge in [0.1, 0.15) is 18.4 Å². The van der Waals surface area contributed by atoms with E-state index in [1.165, 1.54) is 4.90 Å². The van der Waals surface area contributed by atoms with Crippen molar-refractivity contribution in [2.45, 2.75) is 45.8 Å². The summed E-state index contributed by atoms with van der Waals surface area (Å²) in [6.07, 6.45) is 5.45. The molecule has 3 atom stereocenters. The van der Waals surface area contributed by atoms with Crippen LogP contribution in [0.5, 0.6) is 5.75 Å². The van der Waals surface area contributed by atoms with Crippen molar-refractivity contribution in [2.75, 3.05) is 5.32 Å². The van der Waals surface area contributed by atoms with Crippen LogP contribution in [0.25, 0.3) is 0 Å². The van der Waals surface area contributed by atoms with Crippen LogP contribution in [0.2, 0.25) is 0 Å². The highest BCUT2D eigenvalue weighted by molar-refractivity contribution is 6.10. The predicted molar refractivity (Wildman–Crippen MR) is 126 cm³/mol. The molecule has 1 N–H and O–H groups in total. The highest BCUT2D eigenvalue weighted by atomic mass is 16.5. The highest BCUT2D eigenvalue weighted by Gasteiger charge is 2.51. The van der Waals surface area contributed by atoms with E-state index in [4.69, 9.17) is 4.74 Å². The maximum Gasteiger partial charge on any atom is 0.247 e. The quantitative estimate of drug-likeness (QED) is 0.476. The Morgan fingerprint density at radius 3 is 2.15 bits per heavy atom. The molecule has 2 aliphatic rings. The van der Waals surface area contributed by atoms with E-state index in [0.29, 0.717) is 37.3 Å². The molecule has 1 saturated heterocycles. The van der Waals surface area contributed by atoms with Crippen molar-refractivity contribution in [1.29, 1.82) is 0 Å². The number of carbonyl (C=O) groups is 3. The Morgan fingerprint density at radius 1 is 0.970 bits per heavy atom. The SMILES string of the molecule is CC(C)CC(C(=O)Nc1ccc(OCc2ccccc2)cc1)N1C(=O)C2CC=CCC2C1=O. The van der Waals surface area contributed by atoms with Gasteiger partial charge >= 0.3 is 0 Å². The van der Waals surface area contributed by atoms with Gasteiger partial charge < -0.3 is 10.1 Å². The highest BCUT2D eigenvalue weighted by Crippen LogP contribution is 2.37. The van der Waals surface area contributed by atoms with Gasteiger partial charge in [0.25, 0.3) is 0 Å². The van der Waals surface area contributed by atoms with Crippen molar-refractivity contribution in [1.82, 2.24) is 4.90 Å². The Hall–Kier alpha value is -3.41. The number of likely N-dealkylation sites (tertiary alicyclic amines) is 1. The summed E-state index contributed by atoms with van der Waals surface area (Å²) < 4.78 is 5.80. The molecule has 33 heavy (non-hydrogen) atoms. The van der Waals surface area contributed by atoms with Crippen LogP contribution in [0, 0.1) is 17.8 Å². The van der Waals surface area contributed by atoms with Crippen molar-refractivity contribution < 1.29 is 19.1 Å². The standard InChI is InChI=1S/C27H30N2O4/c1-18(2)16-24(29-26(31)22-10-6-7-11-23(22)27(29)32)25(30)28-20-12-14-21(15-13-20)33-17-19-8-4-3-5-9-19/h3-9,12-15,18,22-24H,10-11,16-17H2,1-2H3,(H,28,30). The van der Waals surface area contributed by atoms with Gasteiger partial charge in [0.05, 0.1) is 11.8 Å². The van der Waals surface area contributed by atoms with Crippen LogP contribution in [0.15, 0.2) is 66.7 Å². The lowest BCUT2D eigenvalue weighted by molar-refractivity contribution is -0.147. The van der Waals surface area contributed by atoms with E-state index >= 15 is 0 Å². The number of anilines is 1. The molecule has 4 rings (SSSR count). The van der Waals surface area contributed by atoms with Gasteiger partial charge in [-0.1, -0.05) is 56.3 Å². The molecule has 2 aromatic rings. The molecule has 1 fully saturated rings. The molecule has 0 aromatic heterocycles. The number of carbonyl (C=O) groups excluding carboxylic acids is 3. The second kappa shape index (κ2) is 10.0. The van der Waals surface area contributed by atoms with Crippen molar-refractivity contribution in [3.63, 3.8) is 0 Å². The van der Waals surface area contributed by atoms with Gasteiger partial charge in [-0.15, -0.1) is 0 Å². The van der Waals surface area contributed by atoms with E-state index < -0.39 is 6.04 Å². The molecule has 3 amide bonds. The van der Waals surface area contributed by atoms with Crippen molar-refractivity contribution >= 4 is 23.4 Å². The zero-order valence-electron chi connectivity index (χ0n) is 19.1. The van der Waals surface area contributed by atoms with Gasteiger partial charge in [-0.05, 0) is 55.0 Å². The summed E-state index contributed by atoms with van der Waals surface area (Å²) in [4.78, 5) is 40.5. The van der Waals surface area contributed by atoms with Crippen LogP contribution in [0.4, 0.5) is 5.69 Å². The van der Waals surface area contributed by atoms with E-state index in [0.717, 1.165) is 5.56 Å². The third kappa shape index (κ3) is 5.16. The maximum atomic E-state index is 13.2. The number of benzene rings is 2. The third-order valence-corrected chi connectivity index (χ3v) is 6.22. The van der Waals surface area contributed by atoms with Crippen molar-refractivity contribution in [2.24, 2.45) is 17.8 Å². The summed E-state index contributed by atoms with van der Waals surface area (Å²) in [5.41, 5.74) is 1.67. The summed E-state index contributed by atoms with van der Waals surface area (Å²) in [7, 11) is 0. The van der Waals surface area contributed by atoms with Gasteiger partial charge in [0.15, 0.2) is 0 Å². The second-order valence-corrected chi connectivity index (χ2v) is 9.14. The fourth-order valence-corrected chi connectivity index (χ4v) is 4.51. The van der Waals surface area contributed by atoms with Crippen LogP contribution in [-0.4, -0.2) is 28.7 Å². The number of amides is 3. The molecule has 2 aromatic carbocycles. The van der Waals surface area contributed by atoms with Crippen LogP contribution in [0.1, 0.15) is 38.7 Å². The molecule has 6 nitrogen and oxygen atoms in total. The monoisotopic (exact) mass is 446 g/mol. The number of imide groups is 1. The molecule has 6 heteroatoms. The number of ether oxygens (including phenoxy) is 1. The summed E-state index contributed by atoms with van der Waals surface area (Å²) in [5.74, 6) is -0.625. The van der Waals surface area contributed by atoms with Gasteiger partial charge in [0, 0.05) is 5.69 Å². The third-order valence-electron chi connectivity index (χ3n) is 6.22. The lowest BCUT2D eigenvalue weighted by Crippen LogP contribution is -2.48. The van der Waals surface area contributed by atoms with Gasteiger partial charge in [-0.2, -0.15) is 0 Å². The molecule has 0 radical (unpaired) electrons. The Kier molecular flexibility index (Phi) is 6.92. The zero-order valence-corrected chi connectivity index (χ0v) is 19.1. The molecule has 1 aliphatic carbocycles. The number of hydrogen-bond acceptors (Lipinski definition) is 4. The summed E-state index contributed by atoms with van der Waals surface area (Å²) >= 11 is 0. The lowest BCUT2D eigenvalue weighted by atomic mass is 9.85. The topological polar surface area (TPSA) is 75.7 Å². The number of nitrogens with zero attached hydrogens (tertiary/aromatic N) is 1. The summed E-state index contributed by atoms with van der Waals surface area (Å²) in [6.45, 7) is 4.43. The largest absolute Gasteiger partial charge is 0.489 e. The molecule has 0 spiro atoms.